The van der Waals surface area contributed by atoms with Gasteiger partial charge in [0.1, 0.15) is 0 Å². The Labute approximate surface area is 85.7 Å². The van der Waals surface area contributed by atoms with Crippen LogP contribution in [0.4, 0.5) is 0 Å². The molecule has 0 bridgehead atoms. The number of hydrogen-bond donors (Lipinski definition) is 0. The van der Waals surface area contributed by atoms with Crippen LogP contribution in [0, 0.1) is 17.8 Å². The molecule has 0 heterocycles. The van der Waals surface area contributed by atoms with Crippen molar-refractivity contribution in [3.8, 4) is 0 Å². The maximum absolute atomic E-state index is 3.79. The second kappa shape index (κ2) is 2.73. The second-order valence-electron chi connectivity index (χ2n) is 4.70. The predicted molar refractivity (Wildman–Crippen MR) is 59.8 cm³/mol. The molecule has 0 spiro atoms. The van der Waals surface area contributed by atoms with Crippen LogP contribution in [0.15, 0.2) is 47.6 Å². The van der Waals surface area contributed by atoms with Crippen molar-refractivity contribution in [1.82, 2.24) is 0 Å². The number of fused-ring (bicyclic) bond motifs is 2. The maximum Gasteiger partial charge on any atom is 0.00176 e. The van der Waals surface area contributed by atoms with Gasteiger partial charge in [-0.2, -0.15) is 0 Å². The number of rotatable bonds is 1. The first-order chi connectivity index (χ1) is 6.81. The summed E-state index contributed by atoms with van der Waals surface area (Å²) in [5, 5.41) is 0. The summed E-state index contributed by atoms with van der Waals surface area (Å²) >= 11 is 0. The topological polar surface area (TPSA) is 0 Å². The lowest BCUT2D eigenvalue weighted by atomic mass is 9.57. The molecule has 0 N–H and O–H groups in total. The minimum atomic E-state index is 0.752. The van der Waals surface area contributed by atoms with Crippen LogP contribution in [-0.2, 0) is 0 Å². The molecular weight excluding hydrogens is 168 g/mol. The third-order valence-electron chi connectivity index (χ3n) is 4.07. The molecule has 0 aliphatic heterocycles. The van der Waals surface area contributed by atoms with Gasteiger partial charge in [0, 0.05) is 5.92 Å². The van der Waals surface area contributed by atoms with Gasteiger partial charge in [-0.3, -0.25) is 0 Å². The van der Waals surface area contributed by atoms with Gasteiger partial charge in [0.2, 0.25) is 0 Å². The highest BCUT2D eigenvalue weighted by molar-refractivity contribution is 5.52. The van der Waals surface area contributed by atoms with Crippen molar-refractivity contribution in [1.29, 1.82) is 0 Å². The van der Waals surface area contributed by atoms with E-state index >= 15 is 0 Å². The SMILES string of the molecule is C=C/C=C1\C2=CC3CC=C3CC2C1C. The van der Waals surface area contributed by atoms with E-state index < -0.39 is 0 Å². The summed E-state index contributed by atoms with van der Waals surface area (Å²) in [4.78, 5) is 0. The van der Waals surface area contributed by atoms with Crippen LogP contribution in [0.1, 0.15) is 19.8 Å². The van der Waals surface area contributed by atoms with Crippen molar-refractivity contribution >= 4 is 0 Å². The molecule has 0 aromatic heterocycles. The number of allylic oxidation sites excluding steroid dienone is 7. The Morgan fingerprint density at radius 1 is 1.50 bits per heavy atom. The molecule has 1 fully saturated rings. The Bertz CT molecular complexity index is 379. The average Bonchev–Trinajstić information content (AvgIpc) is 2.16. The highest BCUT2D eigenvalue weighted by Crippen LogP contribution is 2.54. The van der Waals surface area contributed by atoms with Gasteiger partial charge in [0.15, 0.2) is 0 Å². The van der Waals surface area contributed by atoms with Crippen LogP contribution in [0.25, 0.3) is 0 Å². The zero-order chi connectivity index (χ0) is 9.71. The Balaban J connectivity index is 1.96. The lowest BCUT2D eigenvalue weighted by Gasteiger charge is -2.47. The van der Waals surface area contributed by atoms with Gasteiger partial charge in [-0.15, -0.1) is 0 Å². The first kappa shape index (κ1) is 8.28. The fourth-order valence-electron chi connectivity index (χ4n) is 3.05. The molecule has 14 heavy (non-hydrogen) atoms. The summed E-state index contributed by atoms with van der Waals surface area (Å²) in [6, 6.07) is 0. The zero-order valence-electron chi connectivity index (χ0n) is 8.66. The van der Waals surface area contributed by atoms with E-state index in [2.05, 4.69) is 31.7 Å². The fraction of sp³-hybridized carbons (Fsp3) is 0.429. The maximum atomic E-state index is 3.79. The van der Waals surface area contributed by atoms with Crippen molar-refractivity contribution in [2.75, 3.05) is 0 Å². The van der Waals surface area contributed by atoms with Crippen LogP contribution in [-0.4, -0.2) is 0 Å². The Hall–Kier alpha value is -1.04. The first-order valence-electron chi connectivity index (χ1n) is 5.55. The quantitative estimate of drug-likeness (QED) is 0.546. The van der Waals surface area contributed by atoms with E-state index in [0.29, 0.717) is 0 Å². The average molecular weight is 184 g/mol. The molecule has 3 aliphatic carbocycles. The van der Waals surface area contributed by atoms with Gasteiger partial charge >= 0.3 is 0 Å². The van der Waals surface area contributed by atoms with E-state index in [1.54, 1.807) is 11.1 Å². The molecule has 0 aromatic rings. The molecule has 3 atom stereocenters. The van der Waals surface area contributed by atoms with E-state index in [1.807, 2.05) is 6.08 Å². The lowest BCUT2D eigenvalue weighted by Crippen LogP contribution is -2.36. The summed E-state index contributed by atoms with van der Waals surface area (Å²) < 4.78 is 0. The van der Waals surface area contributed by atoms with Crippen LogP contribution in [0.5, 0.6) is 0 Å². The Kier molecular flexibility index (Phi) is 1.61. The van der Waals surface area contributed by atoms with Crippen molar-refractivity contribution in [3.05, 3.63) is 47.6 Å². The molecule has 1 saturated carbocycles. The van der Waals surface area contributed by atoms with Crippen LogP contribution < -0.4 is 0 Å². The molecule has 3 unspecified atom stereocenters. The molecule has 0 radical (unpaired) electrons. The van der Waals surface area contributed by atoms with Gasteiger partial charge in [0.25, 0.3) is 0 Å². The Morgan fingerprint density at radius 2 is 2.36 bits per heavy atom. The highest BCUT2D eigenvalue weighted by Gasteiger charge is 2.42. The minimum Gasteiger partial charge on any atom is -0.0991 e. The van der Waals surface area contributed by atoms with Gasteiger partial charge in [-0.05, 0) is 35.8 Å². The van der Waals surface area contributed by atoms with Crippen LogP contribution >= 0.6 is 0 Å². The third-order valence-corrected chi connectivity index (χ3v) is 4.07. The smallest absolute Gasteiger partial charge is 0.00176 e. The van der Waals surface area contributed by atoms with E-state index in [1.165, 1.54) is 18.4 Å². The molecular formula is C14H16. The minimum absolute atomic E-state index is 0.752. The van der Waals surface area contributed by atoms with Gasteiger partial charge in [-0.1, -0.05) is 43.4 Å². The molecule has 0 saturated heterocycles. The standard InChI is InChI=1S/C14H16/c1-3-4-12-9(2)13-7-10-5-6-11(10)8-14(12)13/h3-5,8-9,11,13H,1,6-7H2,2H3/b12-4-. The number of hydrogen-bond acceptors (Lipinski definition) is 0. The third kappa shape index (κ3) is 0.890. The first-order valence-corrected chi connectivity index (χ1v) is 5.55. The Morgan fingerprint density at radius 3 is 3.00 bits per heavy atom. The van der Waals surface area contributed by atoms with Crippen molar-refractivity contribution < 1.29 is 0 Å². The lowest BCUT2D eigenvalue weighted by molar-refractivity contribution is 0.350. The molecule has 0 aromatic carbocycles. The summed E-state index contributed by atoms with van der Waals surface area (Å²) in [5.74, 6) is 2.37. The van der Waals surface area contributed by atoms with E-state index in [0.717, 1.165) is 17.8 Å². The highest BCUT2D eigenvalue weighted by atomic mass is 14.5. The van der Waals surface area contributed by atoms with E-state index in [9.17, 15) is 0 Å². The fourth-order valence-corrected chi connectivity index (χ4v) is 3.05. The van der Waals surface area contributed by atoms with Gasteiger partial charge < -0.3 is 0 Å². The van der Waals surface area contributed by atoms with Crippen molar-refractivity contribution in [2.45, 2.75) is 19.8 Å². The van der Waals surface area contributed by atoms with E-state index in [-0.39, 0.29) is 0 Å². The monoisotopic (exact) mass is 184 g/mol. The second-order valence-corrected chi connectivity index (χ2v) is 4.70. The molecule has 3 rings (SSSR count). The molecule has 0 nitrogen and oxygen atoms in total. The summed E-state index contributed by atoms with van der Waals surface area (Å²) in [5.41, 5.74) is 4.86. The van der Waals surface area contributed by atoms with Crippen LogP contribution in [0.3, 0.4) is 0 Å². The van der Waals surface area contributed by atoms with Gasteiger partial charge in [0.05, 0.1) is 0 Å². The largest absolute Gasteiger partial charge is 0.0991 e. The van der Waals surface area contributed by atoms with Crippen molar-refractivity contribution in [3.63, 3.8) is 0 Å². The summed E-state index contributed by atoms with van der Waals surface area (Å²) in [6.45, 7) is 6.13. The molecule has 0 heteroatoms. The van der Waals surface area contributed by atoms with Gasteiger partial charge in [-0.25, -0.2) is 0 Å². The molecule has 72 valence electrons. The molecule has 0 amide bonds. The normalized spacial score (nSPS) is 41.2. The zero-order valence-corrected chi connectivity index (χ0v) is 8.66. The summed E-state index contributed by atoms with van der Waals surface area (Å²) in [6.07, 6.45) is 11.6. The van der Waals surface area contributed by atoms with Crippen LogP contribution in [0.2, 0.25) is 0 Å². The van der Waals surface area contributed by atoms with E-state index in [4.69, 9.17) is 0 Å². The molecule has 3 aliphatic rings. The summed E-state index contributed by atoms with van der Waals surface area (Å²) in [7, 11) is 0. The predicted octanol–water partition coefficient (Wildman–Crippen LogP) is 3.64. The van der Waals surface area contributed by atoms with Crippen molar-refractivity contribution in [2.24, 2.45) is 17.8 Å².